The van der Waals surface area contributed by atoms with Gasteiger partial charge in [0.1, 0.15) is 36.8 Å². The number of aliphatic hydroxyl groups is 1. The molecule has 2 N–H and O–H groups in total. The summed E-state index contributed by atoms with van der Waals surface area (Å²) < 4.78 is 18.8. The Morgan fingerprint density at radius 1 is 0.925 bits per heavy atom. The number of hydrogen-bond acceptors (Lipinski definition) is 9. The molecular weight excluding hydrogens is 692 g/mol. The molecule has 10 nitrogen and oxygen atoms in total. The number of halogens is 1. The fourth-order valence-corrected chi connectivity index (χ4v) is 7.46. The number of β-amino-alcohol motifs (C(OH)–C–C–N with tert-alkyl or cyclic N) is 1. The fourth-order valence-electron chi connectivity index (χ4n) is 7.22. The first-order valence-electron chi connectivity index (χ1n) is 18.2. The summed E-state index contributed by atoms with van der Waals surface area (Å²) in [5.41, 5.74) is 8.59. The van der Waals surface area contributed by atoms with Crippen molar-refractivity contribution in [2.75, 3.05) is 32.8 Å². The lowest BCUT2D eigenvalue weighted by Gasteiger charge is -2.33. The third kappa shape index (κ3) is 9.74. The van der Waals surface area contributed by atoms with Gasteiger partial charge >= 0.3 is 5.97 Å². The van der Waals surface area contributed by atoms with Crippen LogP contribution in [0, 0.1) is 25.2 Å². The molecule has 2 aliphatic heterocycles. The van der Waals surface area contributed by atoms with Gasteiger partial charge in [0.2, 0.25) is 0 Å². The van der Waals surface area contributed by atoms with Gasteiger partial charge in [0.15, 0.2) is 0 Å². The summed E-state index contributed by atoms with van der Waals surface area (Å²) in [6.07, 6.45) is 6.14. The van der Waals surface area contributed by atoms with Crippen LogP contribution in [0.1, 0.15) is 64.6 Å². The molecule has 6 rings (SSSR count). The molecule has 2 unspecified atom stereocenters. The molecule has 0 bridgehead atoms. The molecule has 11 heteroatoms. The minimum Gasteiger partial charge on any atom is -0.488 e. The van der Waals surface area contributed by atoms with E-state index in [1.165, 1.54) is 11.8 Å². The monoisotopic (exact) mass is 738 g/mol. The Hall–Kier alpha value is -4.50. The summed E-state index contributed by atoms with van der Waals surface area (Å²) in [5, 5.41) is 29.4. The van der Waals surface area contributed by atoms with Crippen LogP contribution in [0.15, 0.2) is 67.0 Å². The highest BCUT2D eigenvalue weighted by atomic mass is 35.5. The number of piperidine rings is 1. The number of likely N-dealkylation sites (tertiary alicyclic amines) is 2. The highest BCUT2D eigenvalue weighted by molar-refractivity contribution is 6.32. The van der Waals surface area contributed by atoms with Crippen LogP contribution in [0.4, 0.5) is 0 Å². The number of nitriles is 1. The maximum Gasteiger partial charge on any atom is 0.320 e. The maximum absolute atomic E-state index is 12.1. The van der Waals surface area contributed by atoms with Crippen LogP contribution < -0.4 is 9.47 Å². The molecule has 3 aromatic carbocycles. The Kier molecular flexibility index (Phi) is 13.0. The van der Waals surface area contributed by atoms with Crippen molar-refractivity contribution in [2.45, 2.75) is 78.0 Å². The van der Waals surface area contributed by atoms with Crippen molar-refractivity contribution in [3.63, 3.8) is 0 Å². The van der Waals surface area contributed by atoms with E-state index >= 15 is 0 Å². The zero-order valence-electron chi connectivity index (χ0n) is 30.4. The van der Waals surface area contributed by atoms with Gasteiger partial charge < -0.3 is 24.4 Å². The van der Waals surface area contributed by atoms with Crippen molar-refractivity contribution in [1.82, 2.24) is 14.8 Å². The Labute approximate surface area is 316 Å². The molecule has 2 fully saturated rings. The van der Waals surface area contributed by atoms with Crippen LogP contribution in [-0.4, -0.2) is 75.9 Å². The summed E-state index contributed by atoms with van der Waals surface area (Å²) >= 11 is 6.85. The van der Waals surface area contributed by atoms with E-state index in [4.69, 9.17) is 25.8 Å². The maximum atomic E-state index is 12.1. The van der Waals surface area contributed by atoms with Crippen molar-refractivity contribution >= 4 is 17.6 Å². The number of nitrogens with zero attached hydrogens (tertiary/aromatic N) is 4. The first-order valence-corrected chi connectivity index (χ1v) is 18.6. The number of aliphatic hydroxyl groups excluding tert-OH is 1. The number of benzene rings is 3. The van der Waals surface area contributed by atoms with Crippen molar-refractivity contribution in [3.8, 4) is 28.7 Å². The third-order valence-corrected chi connectivity index (χ3v) is 10.6. The minimum atomic E-state index is -0.833. The predicted molar refractivity (Wildman–Crippen MR) is 203 cm³/mol. The SMILES string of the molecule is Cc1c(COCCN2CCC(O)C2)cccc1-c1cccc(COc2cc(OCc3cncc(C#N)c3)c(CN3CCCCC3C(=O)O)cc2Cl)c1C. The van der Waals surface area contributed by atoms with E-state index in [-0.39, 0.29) is 19.3 Å². The number of hydrogen-bond donors (Lipinski definition) is 2. The molecule has 278 valence electrons. The van der Waals surface area contributed by atoms with Crippen LogP contribution in [0.2, 0.25) is 5.02 Å². The van der Waals surface area contributed by atoms with Gasteiger partial charge in [-0.2, -0.15) is 5.26 Å². The van der Waals surface area contributed by atoms with Gasteiger partial charge in [-0.3, -0.25) is 19.6 Å². The van der Waals surface area contributed by atoms with Gasteiger partial charge in [0.05, 0.1) is 29.9 Å². The lowest BCUT2D eigenvalue weighted by atomic mass is 9.92. The summed E-state index contributed by atoms with van der Waals surface area (Å²) in [7, 11) is 0. The third-order valence-electron chi connectivity index (χ3n) is 10.3. The van der Waals surface area contributed by atoms with E-state index in [9.17, 15) is 20.3 Å². The summed E-state index contributed by atoms with van der Waals surface area (Å²) in [5.74, 6) is 0.145. The normalized spacial score (nSPS) is 17.8. The highest BCUT2D eigenvalue weighted by Gasteiger charge is 2.29. The van der Waals surface area contributed by atoms with E-state index < -0.39 is 12.0 Å². The molecule has 0 amide bonds. The molecule has 53 heavy (non-hydrogen) atoms. The zero-order valence-corrected chi connectivity index (χ0v) is 31.1. The minimum absolute atomic E-state index is 0.159. The van der Waals surface area contributed by atoms with Gasteiger partial charge in [0.25, 0.3) is 0 Å². The molecule has 2 atom stereocenters. The summed E-state index contributed by atoms with van der Waals surface area (Å²) in [4.78, 5) is 20.4. The molecular formula is C42H47ClN4O6. The number of carboxylic acids is 1. The van der Waals surface area contributed by atoms with E-state index in [0.717, 1.165) is 71.3 Å². The van der Waals surface area contributed by atoms with Crippen molar-refractivity contribution < 1.29 is 29.2 Å². The average molecular weight is 739 g/mol. The molecule has 1 aromatic heterocycles. The zero-order chi connectivity index (χ0) is 37.3. The quantitative estimate of drug-likeness (QED) is 0.122. The van der Waals surface area contributed by atoms with E-state index in [2.05, 4.69) is 54.1 Å². The van der Waals surface area contributed by atoms with Gasteiger partial charge in [-0.1, -0.05) is 54.4 Å². The Balaban J connectivity index is 1.18. The molecule has 3 heterocycles. The number of carboxylic acid groups (broad SMARTS) is 1. The molecule has 0 spiro atoms. The van der Waals surface area contributed by atoms with Gasteiger partial charge in [-0.05, 0) is 85.2 Å². The van der Waals surface area contributed by atoms with Gasteiger partial charge in [-0.15, -0.1) is 0 Å². The number of aliphatic carboxylic acids is 1. The number of carbonyl (C=O) groups is 1. The molecule has 0 aliphatic carbocycles. The van der Waals surface area contributed by atoms with Crippen LogP contribution in [0.5, 0.6) is 11.5 Å². The molecule has 0 saturated carbocycles. The number of pyridine rings is 1. The predicted octanol–water partition coefficient (Wildman–Crippen LogP) is 7.07. The first kappa shape index (κ1) is 38.2. The Morgan fingerprint density at radius 3 is 2.36 bits per heavy atom. The largest absolute Gasteiger partial charge is 0.488 e. The lowest BCUT2D eigenvalue weighted by Crippen LogP contribution is -2.44. The second kappa shape index (κ2) is 18.0. The molecule has 0 radical (unpaired) electrons. The van der Waals surface area contributed by atoms with Gasteiger partial charge in [-0.25, -0.2) is 0 Å². The summed E-state index contributed by atoms with van der Waals surface area (Å²) in [6, 6.07) is 19.4. The number of aromatic nitrogens is 1. The lowest BCUT2D eigenvalue weighted by molar-refractivity contribution is -0.144. The summed E-state index contributed by atoms with van der Waals surface area (Å²) in [6.45, 7) is 9.26. The van der Waals surface area contributed by atoms with E-state index in [1.807, 2.05) is 17.0 Å². The second-order valence-electron chi connectivity index (χ2n) is 14.0. The fraction of sp³-hybridized carbons (Fsp3) is 0.405. The second-order valence-corrected chi connectivity index (χ2v) is 14.4. The smallest absolute Gasteiger partial charge is 0.320 e. The standard InChI is InChI=1S/C42H47ClN4O6/c1-28-32(26-51-16-15-46-14-12-35(48)24-46)7-5-9-36(28)37-10-6-8-33(29(37)2)27-53-41-19-40(52-25-31-17-30(20-44)21-45-22-31)34(18-38(41)43)23-47-13-4-3-11-39(47)42(49)50/h5-10,17-19,21-22,35,39,48H,3-4,11-16,23-27H2,1-2H3,(H,49,50). The first-order chi connectivity index (χ1) is 25.7. The molecule has 4 aromatic rings. The number of rotatable bonds is 15. The van der Waals surface area contributed by atoms with E-state index in [1.54, 1.807) is 24.4 Å². The highest BCUT2D eigenvalue weighted by Crippen LogP contribution is 2.37. The van der Waals surface area contributed by atoms with Crippen molar-refractivity contribution in [3.05, 3.63) is 111 Å². The topological polar surface area (TPSA) is 128 Å². The number of ether oxygens (including phenoxy) is 3. The van der Waals surface area contributed by atoms with Crippen LogP contribution in [0.25, 0.3) is 11.1 Å². The van der Waals surface area contributed by atoms with E-state index in [0.29, 0.717) is 61.4 Å². The van der Waals surface area contributed by atoms with Crippen LogP contribution >= 0.6 is 11.6 Å². The Bertz CT molecular complexity index is 1950. The average Bonchev–Trinajstić information content (AvgIpc) is 3.58. The van der Waals surface area contributed by atoms with Crippen LogP contribution in [0.3, 0.4) is 0 Å². The van der Waals surface area contributed by atoms with Crippen LogP contribution in [-0.2, 0) is 35.9 Å². The molecule has 2 saturated heterocycles. The Morgan fingerprint density at radius 2 is 1.66 bits per heavy atom. The van der Waals surface area contributed by atoms with Crippen molar-refractivity contribution in [2.24, 2.45) is 0 Å². The van der Waals surface area contributed by atoms with Gasteiger partial charge in [0, 0.05) is 55.8 Å². The molecule has 2 aliphatic rings. The van der Waals surface area contributed by atoms with Crippen molar-refractivity contribution in [1.29, 1.82) is 5.26 Å².